The molecule has 32 heavy (non-hydrogen) atoms. The van der Waals surface area contributed by atoms with Crippen LogP contribution in [-0.2, 0) is 4.79 Å². The van der Waals surface area contributed by atoms with Gasteiger partial charge in [0.15, 0.2) is 0 Å². The summed E-state index contributed by atoms with van der Waals surface area (Å²) in [6.45, 7) is 17.3. The van der Waals surface area contributed by atoms with Gasteiger partial charge >= 0.3 is 0 Å². The van der Waals surface area contributed by atoms with Crippen molar-refractivity contribution < 1.29 is 9.90 Å². The highest BCUT2D eigenvalue weighted by molar-refractivity contribution is 5.63. The Hall–Kier alpha value is -0.630. The van der Waals surface area contributed by atoms with Gasteiger partial charge in [-0.1, -0.05) is 60.1 Å². The minimum atomic E-state index is -0.164. The molecule has 8 atom stereocenters. The summed E-state index contributed by atoms with van der Waals surface area (Å²) in [5.74, 6) is 1.71. The van der Waals surface area contributed by atoms with E-state index in [1.807, 2.05) is 0 Å². The molecule has 5 rings (SSSR count). The molecule has 0 aromatic heterocycles. The molecule has 0 radical (unpaired) electrons. The lowest BCUT2D eigenvalue weighted by Crippen LogP contribution is -2.64. The van der Waals surface area contributed by atoms with Gasteiger partial charge in [-0.2, -0.15) is 0 Å². The molecule has 5 aliphatic rings. The standard InChI is InChI=1S/C30H48O2/c1-25(2)14-16-30(19-31)17-15-28(6)20(21(30)18-25)8-9-23-27(5)12-11-24(32)26(3,4)22(27)10-13-29(23,28)7/h8,19,21-24,32H,9-18H2,1-7H3/t21-,22?,23?,24-,27-,28-,29+,30?/m0/s1. The van der Waals surface area contributed by atoms with Gasteiger partial charge in [0, 0.05) is 5.41 Å². The number of aliphatic hydroxyl groups is 1. The van der Waals surface area contributed by atoms with E-state index in [9.17, 15) is 9.90 Å². The van der Waals surface area contributed by atoms with Crippen molar-refractivity contribution in [1.29, 1.82) is 0 Å². The van der Waals surface area contributed by atoms with Crippen molar-refractivity contribution in [2.45, 2.75) is 119 Å². The fourth-order valence-corrected chi connectivity index (χ4v) is 10.5. The summed E-state index contributed by atoms with van der Waals surface area (Å²) in [5, 5.41) is 10.9. The van der Waals surface area contributed by atoms with Crippen LogP contribution in [0.1, 0.15) is 113 Å². The minimum absolute atomic E-state index is 0.00581. The Labute approximate surface area is 197 Å². The monoisotopic (exact) mass is 440 g/mol. The van der Waals surface area contributed by atoms with E-state index in [4.69, 9.17) is 0 Å². The topological polar surface area (TPSA) is 37.3 Å². The van der Waals surface area contributed by atoms with E-state index in [2.05, 4.69) is 54.5 Å². The van der Waals surface area contributed by atoms with Crippen LogP contribution in [0.3, 0.4) is 0 Å². The third-order valence-corrected chi connectivity index (χ3v) is 12.9. The number of carbonyl (C=O) groups excluding carboxylic acids is 1. The van der Waals surface area contributed by atoms with Gasteiger partial charge in [-0.25, -0.2) is 0 Å². The molecular weight excluding hydrogens is 392 g/mol. The van der Waals surface area contributed by atoms with E-state index in [1.54, 1.807) is 5.57 Å². The van der Waals surface area contributed by atoms with E-state index in [-0.39, 0.29) is 27.8 Å². The first-order valence-electron chi connectivity index (χ1n) is 13.6. The van der Waals surface area contributed by atoms with Crippen LogP contribution in [0.2, 0.25) is 0 Å². The van der Waals surface area contributed by atoms with Gasteiger partial charge in [-0.05, 0) is 109 Å². The molecule has 0 aliphatic heterocycles. The van der Waals surface area contributed by atoms with Crippen molar-refractivity contribution in [1.82, 2.24) is 0 Å². The summed E-state index contributed by atoms with van der Waals surface area (Å²) < 4.78 is 0. The fraction of sp³-hybridized carbons (Fsp3) is 0.900. The molecule has 0 aromatic rings. The molecule has 2 heteroatoms. The second kappa shape index (κ2) is 6.73. The molecule has 0 spiro atoms. The Kier molecular flexibility index (Phi) is 4.87. The molecule has 4 saturated carbocycles. The van der Waals surface area contributed by atoms with Crippen LogP contribution in [0.4, 0.5) is 0 Å². The second-order valence-electron chi connectivity index (χ2n) is 14.9. The van der Waals surface area contributed by atoms with E-state index in [0.717, 1.165) is 25.7 Å². The van der Waals surface area contributed by atoms with Crippen molar-refractivity contribution >= 4 is 6.29 Å². The quantitative estimate of drug-likeness (QED) is 0.342. The van der Waals surface area contributed by atoms with Gasteiger partial charge in [0.2, 0.25) is 0 Å². The maximum absolute atomic E-state index is 12.6. The predicted molar refractivity (Wildman–Crippen MR) is 131 cm³/mol. The van der Waals surface area contributed by atoms with Crippen LogP contribution in [0.25, 0.3) is 0 Å². The molecule has 0 bridgehead atoms. The van der Waals surface area contributed by atoms with Gasteiger partial charge < -0.3 is 9.90 Å². The van der Waals surface area contributed by atoms with Crippen LogP contribution in [0.5, 0.6) is 0 Å². The first-order valence-corrected chi connectivity index (χ1v) is 13.6. The van der Waals surface area contributed by atoms with Gasteiger partial charge in [-0.15, -0.1) is 0 Å². The van der Waals surface area contributed by atoms with Crippen molar-refractivity contribution in [3.05, 3.63) is 11.6 Å². The number of hydrogen-bond acceptors (Lipinski definition) is 2. The number of hydrogen-bond donors (Lipinski definition) is 1. The highest BCUT2D eigenvalue weighted by Gasteiger charge is 2.68. The fourth-order valence-electron chi connectivity index (χ4n) is 10.5. The normalized spacial score (nSPS) is 53.7. The number of carbonyl (C=O) groups is 1. The highest BCUT2D eigenvalue weighted by atomic mass is 16.3. The van der Waals surface area contributed by atoms with Gasteiger partial charge in [0.25, 0.3) is 0 Å². The van der Waals surface area contributed by atoms with Crippen molar-refractivity contribution in [2.75, 3.05) is 0 Å². The molecule has 3 unspecified atom stereocenters. The molecule has 0 aromatic carbocycles. The number of fused-ring (bicyclic) bond motifs is 7. The predicted octanol–water partition coefficient (Wildman–Crippen LogP) is 7.35. The largest absolute Gasteiger partial charge is 0.393 e. The number of rotatable bonds is 1. The first kappa shape index (κ1) is 23.1. The summed E-state index contributed by atoms with van der Waals surface area (Å²) in [6.07, 6.45) is 15.4. The second-order valence-corrected chi connectivity index (χ2v) is 14.9. The average molecular weight is 441 g/mol. The van der Waals surface area contributed by atoms with Gasteiger partial charge in [-0.3, -0.25) is 0 Å². The molecule has 0 heterocycles. The van der Waals surface area contributed by atoms with E-state index < -0.39 is 0 Å². The zero-order valence-electron chi connectivity index (χ0n) is 21.9. The average Bonchev–Trinajstić information content (AvgIpc) is 2.71. The number of aldehydes is 1. The molecule has 5 aliphatic carbocycles. The lowest BCUT2D eigenvalue weighted by Gasteiger charge is -2.71. The third kappa shape index (κ3) is 2.71. The Morgan fingerprint density at radius 2 is 1.56 bits per heavy atom. The maximum atomic E-state index is 12.6. The third-order valence-electron chi connectivity index (χ3n) is 12.9. The smallest absolute Gasteiger partial charge is 0.126 e. The SMILES string of the molecule is CC1(C)CCC2(C=O)CC[C@@]3(C)C(=CCC4[C@@]5(C)CC[C@H](O)C(C)(C)C5CC[C@]43C)[C@@H]2C1. The summed E-state index contributed by atoms with van der Waals surface area (Å²) in [5.41, 5.74) is 2.69. The maximum Gasteiger partial charge on any atom is 0.126 e. The van der Waals surface area contributed by atoms with Gasteiger partial charge in [0.05, 0.1) is 6.10 Å². The van der Waals surface area contributed by atoms with E-state index >= 15 is 0 Å². The Balaban J connectivity index is 1.59. The van der Waals surface area contributed by atoms with Crippen molar-refractivity contribution in [3.63, 3.8) is 0 Å². The Morgan fingerprint density at radius 3 is 2.25 bits per heavy atom. The molecule has 2 nitrogen and oxygen atoms in total. The summed E-state index contributed by atoms with van der Waals surface area (Å²) >= 11 is 0. The first-order chi connectivity index (χ1) is 14.8. The summed E-state index contributed by atoms with van der Waals surface area (Å²) in [6, 6.07) is 0. The molecule has 180 valence electrons. The molecule has 0 amide bonds. The highest BCUT2D eigenvalue weighted by Crippen LogP contribution is 2.75. The molecule has 1 N–H and O–H groups in total. The lowest BCUT2D eigenvalue weighted by molar-refractivity contribution is -0.202. The van der Waals surface area contributed by atoms with E-state index in [1.165, 1.54) is 44.8 Å². The summed E-state index contributed by atoms with van der Waals surface area (Å²) in [7, 11) is 0. The van der Waals surface area contributed by atoms with Crippen LogP contribution >= 0.6 is 0 Å². The van der Waals surface area contributed by atoms with Crippen molar-refractivity contribution in [3.8, 4) is 0 Å². The van der Waals surface area contributed by atoms with Crippen LogP contribution in [-0.4, -0.2) is 17.5 Å². The Morgan fingerprint density at radius 1 is 0.875 bits per heavy atom. The number of aliphatic hydroxyl groups excluding tert-OH is 1. The van der Waals surface area contributed by atoms with E-state index in [0.29, 0.717) is 28.6 Å². The van der Waals surface area contributed by atoms with Crippen LogP contribution < -0.4 is 0 Å². The molecule has 4 fully saturated rings. The zero-order valence-corrected chi connectivity index (χ0v) is 21.9. The van der Waals surface area contributed by atoms with Crippen molar-refractivity contribution in [2.24, 2.45) is 50.2 Å². The van der Waals surface area contributed by atoms with Crippen LogP contribution in [0.15, 0.2) is 11.6 Å². The summed E-state index contributed by atoms with van der Waals surface area (Å²) in [4.78, 5) is 12.6. The minimum Gasteiger partial charge on any atom is -0.393 e. The lowest BCUT2D eigenvalue weighted by atomic mass is 9.33. The molecular formula is C30H48O2. The zero-order chi connectivity index (χ0) is 23.4. The molecule has 0 saturated heterocycles. The number of allylic oxidation sites excluding steroid dienone is 2. The Bertz CT molecular complexity index is 838. The van der Waals surface area contributed by atoms with Gasteiger partial charge in [0.1, 0.15) is 6.29 Å². The van der Waals surface area contributed by atoms with Crippen LogP contribution in [0, 0.1) is 50.2 Å².